The molecule has 10 heteroatoms. The Kier molecular flexibility index (Phi) is 7.75. The molecule has 0 saturated heterocycles. The molecular formula is C29H32N4O6. The molecule has 4 heterocycles. The summed E-state index contributed by atoms with van der Waals surface area (Å²) in [7, 11) is 0. The van der Waals surface area contributed by atoms with Gasteiger partial charge in [0.1, 0.15) is 0 Å². The maximum atomic E-state index is 11.8. The van der Waals surface area contributed by atoms with Crippen molar-refractivity contribution < 1.29 is 29.4 Å². The lowest BCUT2D eigenvalue weighted by atomic mass is 9.98. The van der Waals surface area contributed by atoms with Crippen molar-refractivity contribution in [3.8, 4) is 0 Å². The number of rotatable bonds is 10. The van der Waals surface area contributed by atoms with E-state index in [9.17, 15) is 29.4 Å². The van der Waals surface area contributed by atoms with Crippen LogP contribution >= 0.6 is 0 Å². The van der Waals surface area contributed by atoms with Gasteiger partial charge in [0.15, 0.2) is 0 Å². The first kappa shape index (κ1) is 27.4. The van der Waals surface area contributed by atoms with Crippen LogP contribution < -0.4 is 10.6 Å². The third-order valence-corrected chi connectivity index (χ3v) is 7.18. The summed E-state index contributed by atoms with van der Waals surface area (Å²) in [5.74, 6) is -2.19. The molecule has 0 saturated carbocycles. The fraction of sp³-hybridized carbons (Fsp3) is 0.310. The molecule has 2 amide bonds. The number of hydrogen-bond acceptors (Lipinski definition) is 4. The highest BCUT2D eigenvalue weighted by atomic mass is 16.4. The van der Waals surface area contributed by atoms with Gasteiger partial charge in [-0.3, -0.25) is 19.2 Å². The van der Waals surface area contributed by atoms with Gasteiger partial charge in [-0.2, -0.15) is 0 Å². The van der Waals surface area contributed by atoms with Crippen molar-refractivity contribution in [2.45, 2.75) is 59.8 Å². The van der Waals surface area contributed by atoms with Crippen molar-refractivity contribution in [3.63, 3.8) is 0 Å². The molecule has 204 valence electrons. The van der Waals surface area contributed by atoms with Crippen LogP contribution in [0.4, 0.5) is 0 Å². The molecule has 2 aromatic rings. The fourth-order valence-electron chi connectivity index (χ4n) is 5.02. The van der Waals surface area contributed by atoms with Crippen LogP contribution in [0.15, 0.2) is 34.7 Å². The van der Waals surface area contributed by atoms with Gasteiger partial charge >= 0.3 is 11.9 Å². The smallest absolute Gasteiger partial charge is 0.303 e. The van der Waals surface area contributed by atoms with Gasteiger partial charge in [-0.25, -0.2) is 0 Å². The number of carbonyl (C=O) groups is 4. The molecule has 0 bridgehead atoms. The van der Waals surface area contributed by atoms with Crippen molar-refractivity contribution in [2.75, 3.05) is 0 Å². The van der Waals surface area contributed by atoms with Crippen LogP contribution in [-0.4, -0.2) is 43.9 Å². The number of carbonyl (C=O) groups excluding carboxylic acids is 2. The molecule has 2 aromatic heterocycles. The highest BCUT2D eigenvalue weighted by Gasteiger charge is 2.22. The van der Waals surface area contributed by atoms with Crippen LogP contribution in [0.5, 0.6) is 0 Å². The highest BCUT2D eigenvalue weighted by Crippen LogP contribution is 2.30. The number of hydrogen-bond donors (Lipinski definition) is 6. The molecular weight excluding hydrogens is 500 g/mol. The minimum atomic E-state index is -0.905. The SMILES string of the molecule is CC1=CC(=O)N/C1=C\c1[nH]c(Cc2[nH]c(/C=C3\NC(=O)C=C3C)c(C)c2CCC(=O)O)c(CCC(=O)O)c1C. The maximum absolute atomic E-state index is 11.8. The van der Waals surface area contributed by atoms with Gasteiger partial charge in [-0.15, -0.1) is 0 Å². The zero-order valence-electron chi connectivity index (χ0n) is 22.4. The van der Waals surface area contributed by atoms with Crippen LogP contribution in [0.2, 0.25) is 0 Å². The van der Waals surface area contributed by atoms with Gasteiger partial charge < -0.3 is 30.8 Å². The van der Waals surface area contributed by atoms with Gasteiger partial charge in [-0.1, -0.05) is 0 Å². The molecule has 2 aliphatic rings. The Bertz CT molecular complexity index is 1400. The molecule has 0 aliphatic carbocycles. The molecule has 39 heavy (non-hydrogen) atoms. The third kappa shape index (κ3) is 6.11. The molecule has 0 radical (unpaired) electrons. The van der Waals surface area contributed by atoms with Crippen molar-refractivity contribution in [1.82, 2.24) is 20.6 Å². The number of carboxylic acid groups (broad SMARTS) is 2. The molecule has 0 atom stereocenters. The van der Waals surface area contributed by atoms with E-state index in [-0.39, 0.29) is 24.7 Å². The van der Waals surface area contributed by atoms with E-state index in [2.05, 4.69) is 20.6 Å². The first-order valence-electron chi connectivity index (χ1n) is 12.7. The van der Waals surface area contributed by atoms with Crippen molar-refractivity contribution in [3.05, 3.63) is 79.7 Å². The molecule has 6 N–H and O–H groups in total. The van der Waals surface area contributed by atoms with E-state index in [0.29, 0.717) is 30.7 Å². The normalized spacial score (nSPS) is 17.0. The van der Waals surface area contributed by atoms with Crippen LogP contribution in [0.1, 0.15) is 71.7 Å². The molecule has 4 rings (SSSR count). The van der Waals surface area contributed by atoms with Crippen LogP contribution in [-0.2, 0) is 38.4 Å². The van der Waals surface area contributed by atoms with Gasteiger partial charge in [0, 0.05) is 65.6 Å². The summed E-state index contributed by atoms with van der Waals surface area (Å²) in [5, 5.41) is 24.3. The van der Waals surface area contributed by atoms with Gasteiger partial charge in [0.05, 0.1) is 0 Å². The van der Waals surface area contributed by atoms with E-state index >= 15 is 0 Å². The minimum absolute atomic E-state index is 0.0460. The Morgan fingerprint density at radius 2 is 1.10 bits per heavy atom. The van der Waals surface area contributed by atoms with Gasteiger partial charge in [0.2, 0.25) is 11.8 Å². The molecule has 2 aliphatic heterocycles. The van der Waals surface area contributed by atoms with E-state index in [1.54, 1.807) is 0 Å². The molecule has 10 nitrogen and oxygen atoms in total. The minimum Gasteiger partial charge on any atom is -0.481 e. The van der Waals surface area contributed by atoms with Crippen LogP contribution in [0.3, 0.4) is 0 Å². The Balaban J connectivity index is 1.76. The zero-order chi connectivity index (χ0) is 28.4. The van der Waals surface area contributed by atoms with Gasteiger partial charge in [0.25, 0.3) is 0 Å². The number of aromatic amines is 2. The monoisotopic (exact) mass is 532 g/mol. The van der Waals surface area contributed by atoms with Crippen LogP contribution in [0, 0.1) is 13.8 Å². The van der Waals surface area contributed by atoms with Gasteiger partial charge in [-0.05, 0) is 86.1 Å². The second-order valence-corrected chi connectivity index (χ2v) is 9.96. The Labute approximate surface area is 225 Å². The topological polar surface area (TPSA) is 164 Å². The second kappa shape index (κ2) is 11.0. The lowest BCUT2D eigenvalue weighted by molar-refractivity contribution is -0.138. The maximum Gasteiger partial charge on any atom is 0.303 e. The number of allylic oxidation sites excluding steroid dienone is 2. The summed E-state index contributed by atoms with van der Waals surface area (Å²) < 4.78 is 0. The third-order valence-electron chi connectivity index (χ3n) is 7.18. The lowest BCUT2D eigenvalue weighted by Gasteiger charge is -2.07. The largest absolute Gasteiger partial charge is 0.481 e. The Morgan fingerprint density at radius 3 is 1.41 bits per heavy atom. The second-order valence-electron chi connectivity index (χ2n) is 9.96. The molecule has 0 fully saturated rings. The van der Waals surface area contributed by atoms with E-state index in [4.69, 9.17) is 0 Å². The lowest BCUT2D eigenvalue weighted by Crippen LogP contribution is -2.13. The predicted octanol–water partition coefficient (Wildman–Crippen LogP) is 3.42. The average Bonchev–Trinajstić information content (AvgIpc) is 3.52. The first-order valence-corrected chi connectivity index (χ1v) is 12.7. The number of nitrogens with one attached hydrogen (secondary N) is 4. The Hall–Kier alpha value is -4.60. The Morgan fingerprint density at radius 1 is 0.718 bits per heavy atom. The quantitative estimate of drug-likeness (QED) is 0.274. The van der Waals surface area contributed by atoms with E-state index in [1.807, 2.05) is 39.8 Å². The first-order chi connectivity index (χ1) is 18.4. The van der Waals surface area contributed by atoms with E-state index < -0.39 is 11.9 Å². The number of amides is 2. The number of H-pyrrole nitrogens is 2. The van der Waals surface area contributed by atoms with Crippen LogP contribution in [0.25, 0.3) is 12.2 Å². The summed E-state index contributed by atoms with van der Waals surface area (Å²) in [4.78, 5) is 53.2. The van der Waals surface area contributed by atoms with E-state index in [0.717, 1.165) is 56.2 Å². The molecule has 0 aromatic carbocycles. The zero-order valence-corrected chi connectivity index (χ0v) is 22.4. The van der Waals surface area contributed by atoms with Crippen molar-refractivity contribution >= 4 is 35.9 Å². The fourth-order valence-corrected chi connectivity index (χ4v) is 5.02. The summed E-state index contributed by atoms with van der Waals surface area (Å²) >= 11 is 0. The van der Waals surface area contributed by atoms with E-state index in [1.165, 1.54) is 12.2 Å². The highest BCUT2D eigenvalue weighted by molar-refractivity contribution is 5.96. The van der Waals surface area contributed by atoms with Crippen molar-refractivity contribution in [2.24, 2.45) is 0 Å². The number of aromatic nitrogens is 2. The summed E-state index contributed by atoms with van der Waals surface area (Å²) in [6, 6.07) is 0. The predicted molar refractivity (Wildman–Crippen MR) is 146 cm³/mol. The average molecular weight is 533 g/mol. The summed E-state index contributed by atoms with van der Waals surface area (Å²) in [6.07, 6.45) is 7.66. The number of carboxylic acids is 2. The summed E-state index contributed by atoms with van der Waals surface area (Å²) in [6.45, 7) is 7.51. The van der Waals surface area contributed by atoms with Crippen molar-refractivity contribution in [1.29, 1.82) is 0 Å². The molecule has 0 spiro atoms. The number of aliphatic carboxylic acids is 2. The molecule has 0 unspecified atom stereocenters. The standard InChI is InChI=1S/C29H32N4O6/c1-14-9-26(34)32-20(14)11-22-16(3)18(5-7-28(36)37)24(30-22)13-25-19(6-8-29(38)39)17(4)23(31-25)12-21-15(2)10-27(35)33-21/h9-12,30-31H,5-8,13H2,1-4H3,(H,32,34)(H,33,35)(H,36,37)(H,38,39)/b20-11-,21-12-. The summed E-state index contributed by atoms with van der Waals surface area (Å²) in [5.41, 5.74) is 9.64.